The molecule has 1 saturated carbocycles. The Balaban J connectivity index is 1.83. The molecular formula is C13H16N2S. The lowest BCUT2D eigenvalue weighted by Gasteiger charge is -2.12. The van der Waals surface area contributed by atoms with Crippen LogP contribution in [0.4, 0.5) is 0 Å². The molecule has 1 aliphatic carbocycles. The summed E-state index contributed by atoms with van der Waals surface area (Å²) in [5.41, 5.74) is 7.31. The quantitative estimate of drug-likeness (QED) is 0.835. The van der Waals surface area contributed by atoms with E-state index >= 15 is 0 Å². The van der Waals surface area contributed by atoms with E-state index in [4.69, 9.17) is 5.73 Å². The van der Waals surface area contributed by atoms with Crippen molar-refractivity contribution in [2.45, 2.75) is 35.6 Å². The Morgan fingerprint density at radius 2 is 2.12 bits per heavy atom. The highest BCUT2D eigenvalue weighted by Crippen LogP contribution is 2.34. The number of hydrogen-bond acceptors (Lipinski definition) is 2. The van der Waals surface area contributed by atoms with E-state index in [1.165, 1.54) is 35.2 Å². The number of nitrogens with two attached hydrogens (primary N) is 1. The summed E-state index contributed by atoms with van der Waals surface area (Å²) in [5.74, 6) is 0. The summed E-state index contributed by atoms with van der Waals surface area (Å²) in [6.07, 6.45) is 3.71. The molecule has 2 nitrogen and oxygen atoms in total. The summed E-state index contributed by atoms with van der Waals surface area (Å²) < 4.78 is 0. The molecule has 3 N–H and O–H groups in total. The van der Waals surface area contributed by atoms with Gasteiger partial charge in [0.25, 0.3) is 0 Å². The van der Waals surface area contributed by atoms with E-state index in [0.29, 0.717) is 11.3 Å². The van der Waals surface area contributed by atoms with Crippen molar-refractivity contribution in [3.8, 4) is 0 Å². The van der Waals surface area contributed by atoms with Crippen LogP contribution >= 0.6 is 11.8 Å². The third-order valence-electron chi connectivity index (χ3n) is 3.29. The van der Waals surface area contributed by atoms with Crippen molar-refractivity contribution in [3.63, 3.8) is 0 Å². The van der Waals surface area contributed by atoms with Gasteiger partial charge in [-0.3, -0.25) is 0 Å². The molecule has 0 saturated heterocycles. The number of aromatic nitrogens is 1. The van der Waals surface area contributed by atoms with Gasteiger partial charge < -0.3 is 10.7 Å². The van der Waals surface area contributed by atoms with E-state index in [0.717, 1.165) is 0 Å². The molecule has 1 fully saturated rings. The van der Waals surface area contributed by atoms with Gasteiger partial charge >= 0.3 is 0 Å². The molecule has 1 aromatic carbocycles. The molecule has 1 heterocycles. The highest BCUT2D eigenvalue weighted by molar-refractivity contribution is 8.00. The molecule has 16 heavy (non-hydrogen) atoms. The standard InChI is InChI=1S/C13H16N2S/c14-10-5-3-7-12(10)16-13-8-9-4-1-2-6-11(9)15-13/h1-2,4,6,8,10,12,15H,3,5,7,14H2. The van der Waals surface area contributed by atoms with Gasteiger partial charge in [0, 0.05) is 22.2 Å². The number of fused-ring (bicyclic) bond motifs is 1. The largest absolute Gasteiger partial charge is 0.350 e. The predicted molar refractivity (Wildman–Crippen MR) is 69.8 cm³/mol. The lowest BCUT2D eigenvalue weighted by molar-refractivity contribution is 0.715. The van der Waals surface area contributed by atoms with Gasteiger partial charge in [0.2, 0.25) is 0 Å². The van der Waals surface area contributed by atoms with Crippen LogP contribution in [0.1, 0.15) is 19.3 Å². The predicted octanol–water partition coefficient (Wildman–Crippen LogP) is 3.14. The van der Waals surface area contributed by atoms with Crippen molar-refractivity contribution >= 4 is 22.7 Å². The van der Waals surface area contributed by atoms with Crippen LogP contribution in [0.15, 0.2) is 35.4 Å². The normalized spacial score (nSPS) is 25.3. The number of benzene rings is 1. The lowest BCUT2D eigenvalue weighted by Crippen LogP contribution is -2.26. The topological polar surface area (TPSA) is 41.8 Å². The van der Waals surface area contributed by atoms with Gasteiger partial charge in [0.15, 0.2) is 0 Å². The molecule has 0 aliphatic heterocycles. The Bertz CT molecular complexity index is 458. The molecule has 84 valence electrons. The third kappa shape index (κ3) is 1.85. The summed E-state index contributed by atoms with van der Waals surface area (Å²) in [7, 11) is 0. The molecule has 0 radical (unpaired) electrons. The van der Waals surface area contributed by atoms with Crippen molar-refractivity contribution in [2.75, 3.05) is 0 Å². The van der Waals surface area contributed by atoms with Gasteiger partial charge in [-0.05, 0) is 25.0 Å². The first-order valence-electron chi connectivity index (χ1n) is 5.83. The minimum Gasteiger partial charge on any atom is -0.350 e. The Kier molecular flexibility index (Phi) is 2.65. The zero-order valence-corrected chi connectivity index (χ0v) is 9.96. The Morgan fingerprint density at radius 3 is 2.88 bits per heavy atom. The number of para-hydroxylation sites is 1. The number of rotatable bonds is 2. The summed E-state index contributed by atoms with van der Waals surface area (Å²) in [6, 6.07) is 11.0. The molecule has 0 bridgehead atoms. The molecule has 2 atom stereocenters. The van der Waals surface area contributed by atoms with E-state index in [1.807, 2.05) is 11.8 Å². The fraction of sp³-hybridized carbons (Fsp3) is 0.385. The molecule has 1 aromatic heterocycles. The van der Waals surface area contributed by atoms with Gasteiger partial charge in [0.1, 0.15) is 0 Å². The van der Waals surface area contributed by atoms with Crippen molar-refractivity contribution in [3.05, 3.63) is 30.3 Å². The Hall–Kier alpha value is -0.930. The maximum absolute atomic E-state index is 6.09. The van der Waals surface area contributed by atoms with Crippen LogP contribution in [0.25, 0.3) is 10.9 Å². The number of nitrogens with one attached hydrogen (secondary N) is 1. The first kappa shape index (κ1) is 10.2. The second-order valence-electron chi connectivity index (χ2n) is 4.47. The number of aromatic amines is 1. The zero-order chi connectivity index (χ0) is 11.0. The first-order chi connectivity index (χ1) is 7.83. The van der Waals surface area contributed by atoms with E-state index in [9.17, 15) is 0 Å². The van der Waals surface area contributed by atoms with Gasteiger partial charge in [-0.2, -0.15) is 0 Å². The van der Waals surface area contributed by atoms with Gasteiger partial charge in [0.05, 0.1) is 5.03 Å². The van der Waals surface area contributed by atoms with Crippen LogP contribution in [0, 0.1) is 0 Å². The van der Waals surface area contributed by atoms with Crippen molar-refractivity contribution < 1.29 is 0 Å². The maximum Gasteiger partial charge on any atom is 0.0735 e. The van der Waals surface area contributed by atoms with Gasteiger partial charge in [-0.15, -0.1) is 11.8 Å². The van der Waals surface area contributed by atoms with Crippen LogP contribution in [-0.2, 0) is 0 Å². The minimum absolute atomic E-state index is 0.372. The highest BCUT2D eigenvalue weighted by Gasteiger charge is 2.25. The lowest BCUT2D eigenvalue weighted by atomic mass is 10.3. The minimum atomic E-state index is 0.372. The number of H-pyrrole nitrogens is 1. The molecule has 0 spiro atoms. The molecular weight excluding hydrogens is 216 g/mol. The van der Waals surface area contributed by atoms with Crippen LogP contribution in [0.3, 0.4) is 0 Å². The Labute approximate surface area is 99.6 Å². The monoisotopic (exact) mass is 232 g/mol. The SMILES string of the molecule is NC1CCCC1Sc1cc2ccccc2[nH]1. The first-order valence-corrected chi connectivity index (χ1v) is 6.71. The van der Waals surface area contributed by atoms with Crippen LogP contribution < -0.4 is 5.73 Å². The van der Waals surface area contributed by atoms with Crippen molar-refractivity contribution in [1.29, 1.82) is 0 Å². The fourth-order valence-corrected chi connectivity index (χ4v) is 3.66. The van der Waals surface area contributed by atoms with E-state index < -0.39 is 0 Å². The van der Waals surface area contributed by atoms with Crippen molar-refractivity contribution in [1.82, 2.24) is 4.98 Å². The molecule has 0 amide bonds. The summed E-state index contributed by atoms with van der Waals surface area (Å²) in [6.45, 7) is 0. The molecule has 2 unspecified atom stereocenters. The third-order valence-corrected chi connectivity index (χ3v) is 4.65. The zero-order valence-electron chi connectivity index (χ0n) is 9.15. The van der Waals surface area contributed by atoms with Crippen molar-refractivity contribution in [2.24, 2.45) is 5.73 Å². The number of hydrogen-bond donors (Lipinski definition) is 2. The summed E-state index contributed by atoms with van der Waals surface area (Å²) in [5, 5.41) is 3.13. The molecule has 2 aromatic rings. The molecule has 1 aliphatic rings. The second-order valence-corrected chi connectivity index (χ2v) is 5.75. The maximum atomic E-state index is 6.09. The van der Waals surface area contributed by atoms with E-state index in [1.54, 1.807) is 0 Å². The van der Waals surface area contributed by atoms with Gasteiger partial charge in [-0.1, -0.05) is 24.6 Å². The number of thioether (sulfide) groups is 1. The molecule has 3 rings (SSSR count). The highest BCUT2D eigenvalue weighted by atomic mass is 32.2. The van der Waals surface area contributed by atoms with Crippen LogP contribution in [-0.4, -0.2) is 16.3 Å². The fourth-order valence-electron chi connectivity index (χ4n) is 2.37. The van der Waals surface area contributed by atoms with Crippen LogP contribution in [0.5, 0.6) is 0 Å². The average molecular weight is 232 g/mol. The average Bonchev–Trinajstić information content (AvgIpc) is 2.85. The summed E-state index contributed by atoms with van der Waals surface area (Å²) in [4.78, 5) is 3.45. The van der Waals surface area contributed by atoms with Gasteiger partial charge in [-0.25, -0.2) is 0 Å². The molecule has 3 heteroatoms. The van der Waals surface area contributed by atoms with E-state index in [2.05, 4.69) is 35.3 Å². The smallest absolute Gasteiger partial charge is 0.0735 e. The second kappa shape index (κ2) is 4.15. The van der Waals surface area contributed by atoms with E-state index in [-0.39, 0.29) is 0 Å². The van der Waals surface area contributed by atoms with Crippen LogP contribution in [0.2, 0.25) is 0 Å². The summed E-state index contributed by atoms with van der Waals surface area (Å²) >= 11 is 1.90. The Morgan fingerprint density at radius 1 is 1.25 bits per heavy atom.